The van der Waals surface area contributed by atoms with Gasteiger partial charge in [-0.25, -0.2) is 9.68 Å². The molecule has 0 saturated heterocycles. The Labute approximate surface area is 134 Å². The lowest BCUT2D eigenvalue weighted by atomic mass is 9.80. The van der Waals surface area contributed by atoms with Crippen molar-refractivity contribution < 1.29 is 14.6 Å². The van der Waals surface area contributed by atoms with Gasteiger partial charge in [-0.2, -0.15) is 0 Å². The average Bonchev–Trinajstić information content (AvgIpc) is 2.42. The van der Waals surface area contributed by atoms with Gasteiger partial charge < -0.3 is 0 Å². The lowest BCUT2D eigenvalue weighted by Gasteiger charge is -2.26. The third-order valence-electron chi connectivity index (χ3n) is 3.81. The molecule has 0 amide bonds. The zero-order chi connectivity index (χ0) is 17.0. The van der Waals surface area contributed by atoms with E-state index in [0.29, 0.717) is 11.7 Å². The van der Waals surface area contributed by atoms with Crippen LogP contribution in [-0.2, 0) is 9.68 Å². The van der Waals surface area contributed by atoms with Gasteiger partial charge in [-0.15, -0.1) is 0 Å². The SMILES string of the molecule is CC(C)c1ccc(OOC(=O)C(C)(C)CCC(C)(C)C)cc1. The highest BCUT2D eigenvalue weighted by Gasteiger charge is 2.32. The van der Waals surface area contributed by atoms with Crippen molar-refractivity contribution in [2.45, 2.75) is 67.2 Å². The van der Waals surface area contributed by atoms with Crippen LogP contribution in [0.2, 0.25) is 0 Å². The Morgan fingerprint density at radius 3 is 2.00 bits per heavy atom. The molecule has 0 aliphatic heterocycles. The van der Waals surface area contributed by atoms with Gasteiger partial charge >= 0.3 is 5.97 Å². The van der Waals surface area contributed by atoms with Gasteiger partial charge in [0.2, 0.25) is 0 Å². The van der Waals surface area contributed by atoms with Crippen molar-refractivity contribution >= 4 is 5.97 Å². The van der Waals surface area contributed by atoms with Gasteiger partial charge in [0.1, 0.15) is 0 Å². The van der Waals surface area contributed by atoms with E-state index in [9.17, 15) is 4.79 Å². The van der Waals surface area contributed by atoms with Crippen LogP contribution in [0.15, 0.2) is 24.3 Å². The summed E-state index contributed by atoms with van der Waals surface area (Å²) in [5.74, 6) is 0.682. The normalized spacial score (nSPS) is 12.4. The maximum absolute atomic E-state index is 12.2. The summed E-state index contributed by atoms with van der Waals surface area (Å²) in [6.45, 7) is 14.6. The summed E-state index contributed by atoms with van der Waals surface area (Å²) in [5, 5.41) is 0. The number of carbonyl (C=O) groups is 1. The molecule has 22 heavy (non-hydrogen) atoms. The van der Waals surface area contributed by atoms with Gasteiger partial charge in [0.15, 0.2) is 5.75 Å². The number of carbonyl (C=O) groups excluding carboxylic acids is 1. The van der Waals surface area contributed by atoms with Crippen LogP contribution in [0.25, 0.3) is 0 Å². The van der Waals surface area contributed by atoms with Crippen molar-refractivity contribution in [1.29, 1.82) is 0 Å². The van der Waals surface area contributed by atoms with Gasteiger partial charge in [0, 0.05) is 0 Å². The quantitative estimate of drug-likeness (QED) is 0.514. The number of hydrogen-bond donors (Lipinski definition) is 0. The van der Waals surface area contributed by atoms with Gasteiger partial charge in [0.05, 0.1) is 5.41 Å². The van der Waals surface area contributed by atoms with E-state index in [1.165, 1.54) is 5.56 Å². The van der Waals surface area contributed by atoms with Crippen molar-refractivity contribution in [3.63, 3.8) is 0 Å². The first kappa shape index (κ1) is 18.5. The van der Waals surface area contributed by atoms with Crippen molar-refractivity contribution in [3.05, 3.63) is 29.8 Å². The minimum Gasteiger partial charge on any atom is -0.287 e. The molecule has 0 unspecified atom stereocenters. The van der Waals surface area contributed by atoms with E-state index in [1.54, 1.807) is 0 Å². The molecule has 0 heterocycles. The molecule has 0 atom stereocenters. The lowest BCUT2D eigenvalue weighted by molar-refractivity contribution is -0.224. The van der Waals surface area contributed by atoms with E-state index in [4.69, 9.17) is 9.78 Å². The predicted molar refractivity (Wildman–Crippen MR) is 89.7 cm³/mol. The van der Waals surface area contributed by atoms with E-state index >= 15 is 0 Å². The smallest absolute Gasteiger partial charge is 0.287 e. The highest BCUT2D eigenvalue weighted by Crippen LogP contribution is 2.31. The predicted octanol–water partition coefficient (Wildman–Crippen LogP) is 5.50. The Morgan fingerprint density at radius 2 is 1.55 bits per heavy atom. The Kier molecular flexibility index (Phi) is 6.04. The summed E-state index contributed by atoms with van der Waals surface area (Å²) >= 11 is 0. The molecule has 3 nitrogen and oxygen atoms in total. The fourth-order valence-corrected chi connectivity index (χ4v) is 1.90. The second kappa shape index (κ2) is 7.17. The maximum atomic E-state index is 12.2. The van der Waals surface area contributed by atoms with E-state index in [2.05, 4.69) is 34.6 Å². The van der Waals surface area contributed by atoms with Gasteiger partial charge in [-0.1, -0.05) is 46.8 Å². The van der Waals surface area contributed by atoms with Crippen molar-refractivity contribution in [2.75, 3.05) is 0 Å². The molecule has 1 aromatic carbocycles. The fraction of sp³-hybridized carbons (Fsp3) is 0.632. The molecular weight excluding hydrogens is 276 g/mol. The molecule has 0 saturated carbocycles. The standard InChI is InChI=1S/C19H30O3/c1-14(2)15-8-10-16(11-9-15)21-22-17(20)19(6,7)13-12-18(3,4)5/h8-11,14H,12-13H2,1-7H3. The summed E-state index contributed by atoms with van der Waals surface area (Å²) in [5.41, 5.74) is 0.875. The van der Waals surface area contributed by atoms with Crippen molar-refractivity contribution in [1.82, 2.24) is 0 Å². The van der Waals surface area contributed by atoms with E-state index < -0.39 is 5.41 Å². The van der Waals surface area contributed by atoms with Crippen LogP contribution in [0.3, 0.4) is 0 Å². The molecule has 0 aromatic heterocycles. The van der Waals surface area contributed by atoms with Crippen LogP contribution < -0.4 is 4.89 Å². The van der Waals surface area contributed by atoms with Crippen LogP contribution in [-0.4, -0.2) is 5.97 Å². The molecule has 124 valence electrons. The van der Waals surface area contributed by atoms with Crippen molar-refractivity contribution in [2.24, 2.45) is 10.8 Å². The summed E-state index contributed by atoms with van der Waals surface area (Å²) < 4.78 is 0. The molecular formula is C19H30O3. The van der Waals surface area contributed by atoms with Gasteiger partial charge in [-0.05, 0) is 55.7 Å². The topological polar surface area (TPSA) is 35.5 Å². The number of benzene rings is 1. The Hall–Kier alpha value is -1.51. The average molecular weight is 306 g/mol. The second-order valence-corrected chi connectivity index (χ2v) is 8.12. The van der Waals surface area contributed by atoms with Crippen LogP contribution in [0, 0.1) is 10.8 Å². The lowest BCUT2D eigenvalue weighted by Crippen LogP contribution is -2.29. The molecule has 0 fully saturated rings. The molecule has 3 heteroatoms. The summed E-state index contributed by atoms with van der Waals surface area (Å²) in [6.07, 6.45) is 1.73. The van der Waals surface area contributed by atoms with Crippen molar-refractivity contribution in [3.8, 4) is 5.75 Å². The maximum Gasteiger partial charge on any atom is 0.360 e. The molecule has 1 rings (SSSR count). The minimum atomic E-state index is -0.550. The van der Waals surface area contributed by atoms with Crippen LogP contribution in [0.1, 0.15) is 72.8 Å². The molecule has 0 bridgehead atoms. The van der Waals surface area contributed by atoms with E-state index in [1.807, 2.05) is 38.1 Å². The monoisotopic (exact) mass is 306 g/mol. The Bertz CT molecular complexity index is 478. The van der Waals surface area contributed by atoms with Gasteiger partial charge in [0.25, 0.3) is 0 Å². The minimum absolute atomic E-state index is 0.199. The summed E-state index contributed by atoms with van der Waals surface area (Å²) in [6, 6.07) is 7.62. The molecule has 0 aliphatic rings. The molecule has 0 spiro atoms. The molecule has 0 radical (unpaired) electrons. The summed E-state index contributed by atoms with van der Waals surface area (Å²) in [4.78, 5) is 22.4. The largest absolute Gasteiger partial charge is 0.360 e. The Morgan fingerprint density at radius 1 is 1.00 bits per heavy atom. The van der Waals surface area contributed by atoms with Crippen LogP contribution >= 0.6 is 0 Å². The van der Waals surface area contributed by atoms with Crippen LogP contribution in [0.5, 0.6) is 5.75 Å². The molecule has 1 aromatic rings. The Balaban J connectivity index is 2.54. The van der Waals surface area contributed by atoms with E-state index in [0.717, 1.165) is 12.8 Å². The van der Waals surface area contributed by atoms with E-state index in [-0.39, 0.29) is 11.4 Å². The number of rotatable bonds is 6. The molecule has 0 aliphatic carbocycles. The van der Waals surface area contributed by atoms with Crippen LogP contribution in [0.4, 0.5) is 0 Å². The van der Waals surface area contributed by atoms with Gasteiger partial charge in [-0.3, -0.25) is 4.89 Å². The summed E-state index contributed by atoms with van der Waals surface area (Å²) in [7, 11) is 0. The highest BCUT2D eigenvalue weighted by molar-refractivity contribution is 5.75. The third kappa shape index (κ3) is 6.08. The zero-order valence-electron chi connectivity index (χ0n) is 15.0. The first-order valence-electron chi connectivity index (χ1n) is 8.00. The fourth-order valence-electron chi connectivity index (χ4n) is 1.90. The zero-order valence-corrected chi connectivity index (χ0v) is 15.0. The highest BCUT2D eigenvalue weighted by atomic mass is 17.2. The first-order valence-corrected chi connectivity index (χ1v) is 8.00. The number of hydrogen-bond acceptors (Lipinski definition) is 3. The molecule has 0 N–H and O–H groups in total. The first-order chi connectivity index (χ1) is 10.0. The third-order valence-corrected chi connectivity index (χ3v) is 3.81. The second-order valence-electron chi connectivity index (χ2n) is 8.12.